The van der Waals surface area contributed by atoms with Gasteiger partial charge >= 0.3 is 0 Å². The van der Waals surface area contributed by atoms with Crippen LogP contribution in [0, 0.1) is 5.41 Å². The fraction of sp³-hybridized carbons (Fsp3) is 0.625. The highest BCUT2D eigenvalue weighted by atomic mass is 35.5. The molecule has 0 saturated heterocycles. The maximum absolute atomic E-state index is 6.49. The summed E-state index contributed by atoms with van der Waals surface area (Å²) < 4.78 is 11.9. The van der Waals surface area contributed by atoms with Crippen molar-refractivity contribution in [2.24, 2.45) is 11.1 Å². The summed E-state index contributed by atoms with van der Waals surface area (Å²) in [6.45, 7) is 2.16. The van der Waals surface area contributed by atoms with Gasteiger partial charge in [0, 0.05) is 28.5 Å². The molecule has 0 unspecified atom stereocenters. The van der Waals surface area contributed by atoms with Gasteiger partial charge in [0.15, 0.2) is 11.5 Å². The normalized spacial score (nSPS) is 24.9. The van der Waals surface area contributed by atoms with E-state index in [1.165, 1.54) is 19.3 Å². The molecule has 2 fully saturated rings. The molecule has 2 aliphatic carbocycles. The Morgan fingerprint density at radius 1 is 1.05 bits per heavy atom. The fourth-order valence-corrected chi connectivity index (χ4v) is 3.68. The summed E-state index contributed by atoms with van der Waals surface area (Å²) in [5.74, 6) is 1.63. The minimum Gasteiger partial charge on any atom is -0.489 e. The van der Waals surface area contributed by atoms with E-state index in [2.05, 4.69) is 6.07 Å². The summed E-state index contributed by atoms with van der Waals surface area (Å²) >= 11 is 6.49. The van der Waals surface area contributed by atoms with Gasteiger partial charge in [0.25, 0.3) is 0 Å². The van der Waals surface area contributed by atoms with E-state index in [0.717, 1.165) is 48.1 Å². The van der Waals surface area contributed by atoms with Crippen molar-refractivity contribution >= 4 is 11.6 Å². The monoisotopic (exact) mass is 293 g/mol. The molecule has 1 aromatic carbocycles. The van der Waals surface area contributed by atoms with Crippen molar-refractivity contribution in [3.05, 3.63) is 22.7 Å². The van der Waals surface area contributed by atoms with Gasteiger partial charge in [0.05, 0.1) is 13.2 Å². The first kappa shape index (κ1) is 12.8. The van der Waals surface area contributed by atoms with Gasteiger partial charge in [-0.15, -0.1) is 0 Å². The van der Waals surface area contributed by atoms with Crippen molar-refractivity contribution < 1.29 is 9.47 Å². The summed E-state index contributed by atoms with van der Waals surface area (Å²) in [4.78, 5) is 0. The van der Waals surface area contributed by atoms with E-state index in [1.54, 1.807) is 0 Å². The lowest BCUT2D eigenvalue weighted by Crippen LogP contribution is -2.41. The molecule has 1 heterocycles. The van der Waals surface area contributed by atoms with E-state index >= 15 is 0 Å². The first-order valence-corrected chi connectivity index (χ1v) is 7.84. The SMILES string of the molecule is NCC1(c2cc3c(cc2Cl)OCC2(CC2)CO3)CCC1. The molecule has 0 atom stereocenters. The van der Waals surface area contributed by atoms with Gasteiger partial charge in [0.1, 0.15) is 0 Å². The average molecular weight is 294 g/mol. The van der Waals surface area contributed by atoms with E-state index in [0.29, 0.717) is 6.54 Å². The summed E-state index contributed by atoms with van der Waals surface area (Å²) in [5, 5.41) is 0.768. The first-order chi connectivity index (χ1) is 9.66. The number of halogens is 1. The van der Waals surface area contributed by atoms with Crippen molar-refractivity contribution in [3.63, 3.8) is 0 Å². The standard InChI is InChI=1S/C16H20ClNO2/c17-12-7-14-13(19-9-15(4-5-15)10-20-14)6-11(12)16(8-18)2-1-3-16/h6-7H,1-5,8-10,18H2. The van der Waals surface area contributed by atoms with Crippen LogP contribution in [0.1, 0.15) is 37.7 Å². The van der Waals surface area contributed by atoms with Crippen LogP contribution in [0.3, 0.4) is 0 Å². The molecule has 0 bridgehead atoms. The highest BCUT2D eigenvalue weighted by Crippen LogP contribution is 2.52. The largest absolute Gasteiger partial charge is 0.489 e. The molecule has 0 amide bonds. The third-order valence-corrected chi connectivity index (χ3v) is 5.64. The molecular weight excluding hydrogens is 274 g/mol. The van der Waals surface area contributed by atoms with Crippen LogP contribution in [0.2, 0.25) is 5.02 Å². The number of rotatable bonds is 2. The molecule has 4 rings (SSSR count). The minimum atomic E-state index is 0.0546. The lowest BCUT2D eigenvalue weighted by molar-refractivity contribution is 0.197. The quantitative estimate of drug-likeness (QED) is 0.910. The molecule has 2 N–H and O–H groups in total. The molecule has 0 aromatic heterocycles. The second-order valence-corrected chi connectivity index (χ2v) is 7.10. The Kier molecular flexibility index (Phi) is 2.74. The Hall–Kier alpha value is -0.930. The second-order valence-electron chi connectivity index (χ2n) is 6.69. The van der Waals surface area contributed by atoms with Gasteiger partial charge in [0.2, 0.25) is 0 Å². The van der Waals surface area contributed by atoms with Gasteiger partial charge in [-0.2, -0.15) is 0 Å². The van der Waals surface area contributed by atoms with Gasteiger partial charge in [-0.25, -0.2) is 0 Å². The maximum Gasteiger partial charge on any atom is 0.162 e. The molecule has 3 aliphatic rings. The predicted octanol–water partition coefficient (Wildman–Crippen LogP) is 3.27. The van der Waals surface area contributed by atoms with Gasteiger partial charge < -0.3 is 15.2 Å². The van der Waals surface area contributed by atoms with Gasteiger partial charge in [-0.05, 0) is 37.3 Å². The molecule has 4 heteroatoms. The number of hydrogen-bond acceptors (Lipinski definition) is 3. The van der Waals surface area contributed by atoms with Crippen molar-refractivity contribution in [1.29, 1.82) is 0 Å². The van der Waals surface area contributed by atoms with Crippen LogP contribution in [0.5, 0.6) is 11.5 Å². The minimum absolute atomic E-state index is 0.0546. The highest BCUT2D eigenvalue weighted by Gasteiger charge is 2.46. The van der Waals surface area contributed by atoms with Gasteiger partial charge in [-0.3, -0.25) is 0 Å². The lowest BCUT2D eigenvalue weighted by Gasteiger charge is -2.42. The third-order valence-electron chi connectivity index (χ3n) is 5.33. The van der Waals surface area contributed by atoms with E-state index in [9.17, 15) is 0 Å². The van der Waals surface area contributed by atoms with Crippen LogP contribution in [0.25, 0.3) is 0 Å². The average Bonchev–Trinajstić information content (AvgIpc) is 3.18. The molecule has 1 aliphatic heterocycles. The summed E-state index contributed by atoms with van der Waals surface area (Å²) in [6.07, 6.45) is 5.87. The van der Waals surface area contributed by atoms with E-state index in [4.69, 9.17) is 26.8 Å². The van der Waals surface area contributed by atoms with E-state index < -0.39 is 0 Å². The zero-order valence-electron chi connectivity index (χ0n) is 11.6. The van der Waals surface area contributed by atoms with Crippen LogP contribution < -0.4 is 15.2 Å². The zero-order chi connectivity index (χ0) is 13.8. The van der Waals surface area contributed by atoms with Crippen molar-refractivity contribution in [3.8, 4) is 11.5 Å². The molecule has 1 aromatic rings. The van der Waals surface area contributed by atoms with Crippen LogP contribution in [0.4, 0.5) is 0 Å². The zero-order valence-corrected chi connectivity index (χ0v) is 12.3. The van der Waals surface area contributed by atoms with Gasteiger partial charge in [-0.1, -0.05) is 18.0 Å². The Bertz CT molecular complexity index is 544. The Balaban J connectivity index is 1.71. The van der Waals surface area contributed by atoms with Crippen LogP contribution in [-0.2, 0) is 5.41 Å². The number of fused-ring (bicyclic) bond motifs is 1. The van der Waals surface area contributed by atoms with E-state index in [-0.39, 0.29) is 10.8 Å². The highest BCUT2D eigenvalue weighted by molar-refractivity contribution is 6.31. The summed E-state index contributed by atoms with van der Waals surface area (Å²) in [7, 11) is 0. The second kappa shape index (κ2) is 4.28. The molecule has 3 nitrogen and oxygen atoms in total. The number of ether oxygens (including phenoxy) is 2. The van der Waals surface area contributed by atoms with Crippen molar-refractivity contribution in [2.45, 2.75) is 37.5 Å². The van der Waals surface area contributed by atoms with E-state index in [1.807, 2.05) is 6.07 Å². The summed E-state index contributed by atoms with van der Waals surface area (Å²) in [5.41, 5.74) is 7.45. The van der Waals surface area contributed by atoms with Crippen molar-refractivity contribution in [1.82, 2.24) is 0 Å². The number of nitrogens with two attached hydrogens (primary N) is 1. The topological polar surface area (TPSA) is 44.5 Å². The Labute approximate surface area is 124 Å². The predicted molar refractivity (Wildman–Crippen MR) is 78.7 cm³/mol. The molecule has 0 radical (unpaired) electrons. The molecule has 20 heavy (non-hydrogen) atoms. The third kappa shape index (κ3) is 1.83. The number of benzene rings is 1. The Morgan fingerprint density at radius 2 is 1.70 bits per heavy atom. The van der Waals surface area contributed by atoms with Crippen molar-refractivity contribution in [2.75, 3.05) is 19.8 Å². The molecular formula is C16H20ClNO2. The Morgan fingerprint density at radius 3 is 2.20 bits per heavy atom. The molecule has 1 spiro atoms. The molecule has 108 valence electrons. The van der Waals surface area contributed by atoms with Crippen LogP contribution in [0.15, 0.2) is 12.1 Å². The maximum atomic E-state index is 6.49. The smallest absolute Gasteiger partial charge is 0.162 e. The van der Waals surface area contributed by atoms with Crippen LogP contribution >= 0.6 is 11.6 Å². The van der Waals surface area contributed by atoms with Crippen LogP contribution in [-0.4, -0.2) is 19.8 Å². The summed E-state index contributed by atoms with van der Waals surface area (Å²) in [6, 6.07) is 3.99. The first-order valence-electron chi connectivity index (χ1n) is 7.46. The fourth-order valence-electron chi connectivity index (χ4n) is 3.32. The molecule has 2 saturated carbocycles. The number of hydrogen-bond donors (Lipinski definition) is 1. The lowest BCUT2D eigenvalue weighted by atomic mass is 9.64.